The van der Waals surface area contributed by atoms with Crippen LogP contribution in [0.4, 0.5) is 0 Å². The Hall–Kier alpha value is -2.41. The van der Waals surface area contributed by atoms with Gasteiger partial charge in [0.1, 0.15) is 6.04 Å². The van der Waals surface area contributed by atoms with E-state index in [1.165, 1.54) is 6.33 Å². The topological polar surface area (TPSA) is 101 Å². The lowest BCUT2D eigenvalue weighted by atomic mass is 10.0. The summed E-state index contributed by atoms with van der Waals surface area (Å²) in [4.78, 5) is 10.9. The van der Waals surface area contributed by atoms with Crippen molar-refractivity contribution in [1.29, 1.82) is 0 Å². The average Bonchev–Trinajstić information content (AvgIpc) is 2.53. The van der Waals surface area contributed by atoms with Crippen molar-refractivity contribution in [2.24, 2.45) is 0 Å². The Kier molecular flexibility index (Phi) is 5.28. The normalized spacial score (nSPS) is 12.0. The van der Waals surface area contributed by atoms with E-state index in [1.807, 2.05) is 24.3 Å². The SMILES string of the molecule is CN[C@@H](CCCc1ccc(-c2nncnn2)cc1)C(=O)O. The predicted octanol–water partition coefficient (Wildman–Crippen LogP) is 0.929. The number of benzene rings is 1. The molecule has 1 atom stereocenters. The molecule has 0 aliphatic rings. The van der Waals surface area contributed by atoms with Gasteiger partial charge in [0.05, 0.1) is 0 Å². The number of hydrogen-bond acceptors (Lipinski definition) is 6. The summed E-state index contributed by atoms with van der Waals surface area (Å²) >= 11 is 0. The molecule has 7 nitrogen and oxygen atoms in total. The maximum absolute atomic E-state index is 10.9. The summed E-state index contributed by atoms with van der Waals surface area (Å²) < 4.78 is 0. The minimum atomic E-state index is -0.811. The Balaban J connectivity index is 1.90. The molecular formula is C14H17N5O2. The van der Waals surface area contributed by atoms with E-state index < -0.39 is 12.0 Å². The second-order valence-electron chi connectivity index (χ2n) is 4.64. The van der Waals surface area contributed by atoms with Crippen molar-refractivity contribution in [3.8, 4) is 11.4 Å². The number of carboxylic acid groups (broad SMARTS) is 1. The van der Waals surface area contributed by atoms with Gasteiger partial charge in [-0.25, -0.2) is 0 Å². The summed E-state index contributed by atoms with van der Waals surface area (Å²) in [6.07, 6.45) is 3.53. The number of nitrogens with zero attached hydrogens (tertiary/aromatic N) is 4. The number of likely N-dealkylation sites (N-methyl/N-ethyl adjacent to an activating group) is 1. The Morgan fingerprint density at radius 3 is 2.48 bits per heavy atom. The van der Waals surface area contributed by atoms with Gasteiger partial charge in [0, 0.05) is 5.56 Å². The lowest BCUT2D eigenvalue weighted by Gasteiger charge is -2.10. The molecule has 0 spiro atoms. The number of carbonyl (C=O) groups is 1. The molecule has 0 saturated carbocycles. The highest BCUT2D eigenvalue weighted by Crippen LogP contribution is 2.15. The van der Waals surface area contributed by atoms with Gasteiger partial charge < -0.3 is 10.4 Å². The Morgan fingerprint density at radius 1 is 1.24 bits per heavy atom. The van der Waals surface area contributed by atoms with Gasteiger partial charge in [-0.1, -0.05) is 24.3 Å². The zero-order chi connectivity index (χ0) is 15.1. The molecule has 2 N–H and O–H groups in total. The molecule has 7 heteroatoms. The third-order valence-electron chi connectivity index (χ3n) is 3.23. The summed E-state index contributed by atoms with van der Waals surface area (Å²) in [5.74, 6) is -0.320. The smallest absolute Gasteiger partial charge is 0.320 e. The summed E-state index contributed by atoms with van der Waals surface area (Å²) in [5, 5.41) is 26.9. The molecule has 2 aromatic rings. The zero-order valence-electron chi connectivity index (χ0n) is 11.7. The van der Waals surface area contributed by atoms with Crippen LogP contribution in [0, 0.1) is 0 Å². The maximum Gasteiger partial charge on any atom is 0.320 e. The van der Waals surface area contributed by atoms with Crippen LogP contribution in [0.2, 0.25) is 0 Å². The van der Waals surface area contributed by atoms with Gasteiger partial charge in [0.2, 0.25) is 5.82 Å². The third kappa shape index (κ3) is 4.28. The number of aryl methyl sites for hydroxylation is 1. The van der Waals surface area contributed by atoms with E-state index in [0.29, 0.717) is 12.2 Å². The van der Waals surface area contributed by atoms with Crippen molar-refractivity contribution in [1.82, 2.24) is 25.7 Å². The van der Waals surface area contributed by atoms with Crippen molar-refractivity contribution in [2.45, 2.75) is 25.3 Å². The maximum atomic E-state index is 10.9. The highest BCUT2D eigenvalue weighted by molar-refractivity contribution is 5.73. The van der Waals surface area contributed by atoms with Crippen LogP contribution in [0.1, 0.15) is 18.4 Å². The van der Waals surface area contributed by atoms with Crippen LogP contribution >= 0.6 is 0 Å². The summed E-state index contributed by atoms with van der Waals surface area (Å²) in [6.45, 7) is 0. The van der Waals surface area contributed by atoms with E-state index >= 15 is 0 Å². The van der Waals surface area contributed by atoms with Crippen LogP contribution in [0.25, 0.3) is 11.4 Å². The first-order chi connectivity index (χ1) is 10.2. The molecule has 0 amide bonds. The Bertz CT molecular complexity index is 574. The van der Waals surface area contributed by atoms with Gasteiger partial charge in [0.15, 0.2) is 6.33 Å². The molecule has 0 radical (unpaired) electrons. The fourth-order valence-electron chi connectivity index (χ4n) is 2.04. The van der Waals surface area contributed by atoms with Crippen LogP contribution < -0.4 is 5.32 Å². The predicted molar refractivity (Wildman–Crippen MR) is 76.5 cm³/mol. The van der Waals surface area contributed by atoms with E-state index in [0.717, 1.165) is 24.0 Å². The summed E-state index contributed by atoms with van der Waals surface area (Å²) in [5.41, 5.74) is 2.01. The van der Waals surface area contributed by atoms with Gasteiger partial charge >= 0.3 is 5.97 Å². The molecule has 1 heterocycles. The zero-order valence-corrected chi connectivity index (χ0v) is 11.7. The molecular weight excluding hydrogens is 270 g/mol. The summed E-state index contributed by atoms with van der Waals surface area (Å²) in [6, 6.07) is 7.32. The van der Waals surface area contributed by atoms with Crippen LogP contribution in [-0.4, -0.2) is 44.6 Å². The van der Waals surface area contributed by atoms with Crippen molar-refractivity contribution < 1.29 is 9.90 Å². The molecule has 0 unspecified atom stereocenters. The van der Waals surface area contributed by atoms with E-state index in [4.69, 9.17) is 5.11 Å². The first-order valence-corrected chi connectivity index (χ1v) is 6.70. The fraction of sp³-hybridized carbons (Fsp3) is 0.357. The number of hydrogen-bond donors (Lipinski definition) is 2. The molecule has 2 rings (SSSR count). The number of aliphatic carboxylic acids is 1. The molecule has 110 valence electrons. The second kappa shape index (κ2) is 7.39. The van der Waals surface area contributed by atoms with Crippen molar-refractivity contribution in [3.63, 3.8) is 0 Å². The van der Waals surface area contributed by atoms with Crippen LogP contribution in [-0.2, 0) is 11.2 Å². The standard InChI is InChI=1S/C14H17N5O2/c1-15-12(14(20)21)4-2-3-10-5-7-11(8-6-10)13-18-16-9-17-19-13/h5-9,12,15H,2-4H2,1H3,(H,20,21)/t12-/m0/s1. The average molecular weight is 287 g/mol. The molecule has 0 fully saturated rings. The highest BCUT2D eigenvalue weighted by atomic mass is 16.4. The molecule has 21 heavy (non-hydrogen) atoms. The monoisotopic (exact) mass is 287 g/mol. The van der Waals surface area contributed by atoms with Gasteiger partial charge in [-0.2, -0.15) is 0 Å². The molecule has 1 aromatic heterocycles. The lowest BCUT2D eigenvalue weighted by Crippen LogP contribution is -2.33. The van der Waals surface area contributed by atoms with E-state index in [2.05, 4.69) is 25.7 Å². The van der Waals surface area contributed by atoms with Crippen LogP contribution in [0.15, 0.2) is 30.6 Å². The van der Waals surface area contributed by atoms with Crippen molar-refractivity contribution >= 4 is 5.97 Å². The van der Waals surface area contributed by atoms with Gasteiger partial charge in [-0.3, -0.25) is 4.79 Å². The van der Waals surface area contributed by atoms with E-state index in [-0.39, 0.29) is 0 Å². The molecule has 0 bridgehead atoms. The first kappa shape index (κ1) is 15.0. The quantitative estimate of drug-likeness (QED) is 0.781. The van der Waals surface area contributed by atoms with Gasteiger partial charge in [-0.05, 0) is 31.9 Å². The number of rotatable bonds is 7. The lowest BCUT2D eigenvalue weighted by molar-refractivity contribution is -0.139. The number of aromatic nitrogens is 4. The highest BCUT2D eigenvalue weighted by Gasteiger charge is 2.13. The molecule has 0 aliphatic carbocycles. The second-order valence-corrected chi connectivity index (χ2v) is 4.64. The van der Waals surface area contributed by atoms with Crippen LogP contribution in [0.3, 0.4) is 0 Å². The molecule has 1 aromatic carbocycles. The Morgan fingerprint density at radius 2 is 1.90 bits per heavy atom. The van der Waals surface area contributed by atoms with Gasteiger partial charge in [-0.15, -0.1) is 20.4 Å². The van der Waals surface area contributed by atoms with Gasteiger partial charge in [0.25, 0.3) is 0 Å². The van der Waals surface area contributed by atoms with Crippen molar-refractivity contribution in [2.75, 3.05) is 7.05 Å². The Labute approximate surface area is 122 Å². The minimum Gasteiger partial charge on any atom is -0.480 e. The van der Waals surface area contributed by atoms with Crippen molar-refractivity contribution in [3.05, 3.63) is 36.2 Å². The largest absolute Gasteiger partial charge is 0.480 e. The van der Waals surface area contributed by atoms with Crippen LogP contribution in [0.5, 0.6) is 0 Å². The molecule has 0 saturated heterocycles. The fourth-order valence-corrected chi connectivity index (χ4v) is 2.04. The number of carboxylic acids is 1. The molecule has 0 aliphatic heterocycles. The van der Waals surface area contributed by atoms with E-state index in [1.54, 1.807) is 7.05 Å². The number of nitrogens with one attached hydrogen (secondary N) is 1. The summed E-state index contributed by atoms with van der Waals surface area (Å²) in [7, 11) is 1.66. The van der Waals surface area contributed by atoms with E-state index in [9.17, 15) is 4.79 Å². The minimum absolute atomic E-state index is 0.487. The first-order valence-electron chi connectivity index (χ1n) is 6.70. The third-order valence-corrected chi connectivity index (χ3v) is 3.23.